The van der Waals surface area contributed by atoms with Gasteiger partial charge in [0.2, 0.25) is 0 Å². The minimum atomic E-state index is 0.537. The van der Waals surface area contributed by atoms with Crippen LogP contribution in [0.3, 0.4) is 0 Å². The summed E-state index contributed by atoms with van der Waals surface area (Å²) in [6, 6.07) is 6.18. The van der Waals surface area contributed by atoms with Gasteiger partial charge in [-0.25, -0.2) is 4.98 Å². The van der Waals surface area contributed by atoms with Crippen molar-refractivity contribution in [3.63, 3.8) is 0 Å². The van der Waals surface area contributed by atoms with Crippen molar-refractivity contribution in [3.8, 4) is 0 Å². The molecule has 2 aromatic rings. The van der Waals surface area contributed by atoms with E-state index in [0.29, 0.717) is 5.15 Å². The van der Waals surface area contributed by atoms with Crippen molar-refractivity contribution in [3.05, 3.63) is 40.7 Å². The Kier molecular flexibility index (Phi) is 3.65. The molecule has 1 heterocycles. The molecule has 0 unspecified atom stereocenters. The number of benzene rings is 1. The summed E-state index contributed by atoms with van der Waals surface area (Å²) in [5.74, 6) is 0. The molecule has 1 aromatic carbocycles. The first-order valence-electron chi connectivity index (χ1n) is 4.43. The zero-order valence-corrected chi connectivity index (χ0v) is 11.7. The number of halogens is 3. The van der Waals surface area contributed by atoms with E-state index in [1.54, 1.807) is 0 Å². The molecule has 0 radical (unpaired) electrons. The van der Waals surface area contributed by atoms with Gasteiger partial charge in [0, 0.05) is 22.2 Å². The van der Waals surface area contributed by atoms with E-state index < -0.39 is 0 Å². The average molecular weight is 349 g/mol. The SMILES string of the molecule is Clc1cc2cc(CBr)c(CBr)cc2cn1. The summed E-state index contributed by atoms with van der Waals surface area (Å²) in [4.78, 5) is 4.08. The Hall–Kier alpha value is -0.120. The molecule has 0 bridgehead atoms. The average Bonchev–Trinajstić information content (AvgIpc) is 2.27. The van der Waals surface area contributed by atoms with Gasteiger partial charge in [-0.2, -0.15) is 0 Å². The summed E-state index contributed by atoms with van der Waals surface area (Å²) < 4.78 is 0. The van der Waals surface area contributed by atoms with Gasteiger partial charge in [0.05, 0.1) is 0 Å². The van der Waals surface area contributed by atoms with Crippen molar-refractivity contribution in [2.24, 2.45) is 0 Å². The van der Waals surface area contributed by atoms with Gasteiger partial charge in [0.1, 0.15) is 5.15 Å². The number of nitrogens with zero attached hydrogens (tertiary/aromatic N) is 1. The van der Waals surface area contributed by atoms with Crippen LogP contribution in [-0.4, -0.2) is 4.98 Å². The van der Waals surface area contributed by atoms with E-state index in [9.17, 15) is 0 Å². The minimum absolute atomic E-state index is 0.537. The van der Waals surface area contributed by atoms with Gasteiger partial charge in [-0.15, -0.1) is 0 Å². The quantitative estimate of drug-likeness (QED) is 0.567. The summed E-state index contributed by atoms with van der Waals surface area (Å²) >= 11 is 12.8. The number of alkyl halides is 2. The number of hydrogen-bond acceptors (Lipinski definition) is 1. The van der Waals surface area contributed by atoms with Gasteiger partial charge in [-0.05, 0) is 34.7 Å². The smallest absolute Gasteiger partial charge is 0.129 e. The van der Waals surface area contributed by atoms with Crippen molar-refractivity contribution in [2.45, 2.75) is 10.7 Å². The predicted molar refractivity (Wildman–Crippen MR) is 72.0 cm³/mol. The maximum absolute atomic E-state index is 5.86. The molecule has 0 fully saturated rings. The summed E-state index contributed by atoms with van der Waals surface area (Å²) in [5, 5.41) is 4.50. The highest BCUT2D eigenvalue weighted by Crippen LogP contribution is 2.24. The fourth-order valence-electron chi connectivity index (χ4n) is 1.51. The number of rotatable bonds is 2. The fourth-order valence-corrected chi connectivity index (χ4v) is 2.72. The van der Waals surface area contributed by atoms with E-state index in [4.69, 9.17) is 11.6 Å². The molecule has 0 atom stereocenters. The molecule has 0 aliphatic rings. The summed E-state index contributed by atoms with van der Waals surface area (Å²) in [7, 11) is 0. The molecule has 4 heteroatoms. The molecule has 2 rings (SSSR count). The lowest BCUT2D eigenvalue weighted by molar-refractivity contribution is 1.30. The Labute approximate surface area is 110 Å². The van der Waals surface area contributed by atoms with Gasteiger partial charge in [-0.1, -0.05) is 43.5 Å². The number of pyridine rings is 1. The third-order valence-electron chi connectivity index (χ3n) is 2.29. The Balaban J connectivity index is 2.69. The molecule has 78 valence electrons. The van der Waals surface area contributed by atoms with Crippen molar-refractivity contribution < 1.29 is 0 Å². The van der Waals surface area contributed by atoms with E-state index in [1.807, 2.05) is 12.3 Å². The first kappa shape index (κ1) is 11.4. The van der Waals surface area contributed by atoms with Gasteiger partial charge in [-0.3, -0.25) is 0 Å². The van der Waals surface area contributed by atoms with Gasteiger partial charge in [0.15, 0.2) is 0 Å². The van der Waals surface area contributed by atoms with E-state index in [2.05, 4.69) is 49.0 Å². The van der Waals surface area contributed by atoms with Crippen LogP contribution in [-0.2, 0) is 10.7 Å². The minimum Gasteiger partial charge on any atom is -0.244 e. The van der Waals surface area contributed by atoms with Crippen LogP contribution in [0.2, 0.25) is 5.15 Å². The topological polar surface area (TPSA) is 12.9 Å². The highest BCUT2D eigenvalue weighted by Gasteiger charge is 2.04. The third-order valence-corrected chi connectivity index (χ3v) is 3.71. The first-order chi connectivity index (χ1) is 7.24. The van der Waals surface area contributed by atoms with E-state index in [1.165, 1.54) is 11.1 Å². The monoisotopic (exact) mass is 347 g/mol. The lowest BCUT2D eigenvalue weighted by atomic mass is 10.0. The molecule has 15 heavy (non-hydrogen) atoms. The number of hydrogen-bond donors (Lipinski definition) is 0. The summed E-state index contributed by atoms with van der Waals surface area (Å²) in [6.45, 7) is 0. The Morgan fingerprint density at radius 3 is 2.20 bits per heavy atom. The van der Waals surface area contributed by atoms with Crippen molar-refractivity contribution in [1.29, 1.82) is 0 Å². The molecule has 0 saturated carbocycles. The maximum atomic E-state index is 5.86. The van der Waals surface area contributed by atoms with E-state index in [0.717, 1.165) is 21.4 Å². The van der Waals surface area contributed by atoms with Gasteiger partial charge < -0.3 is 0 Å². The van der Waals surface area contributed by atoms with Crippen LogP contribution in [0, 0.1) is 0 Å². The lowest BCUT2D eigenvalue weighted by Gasteiger charge is -2.06. The third kappa shape index (κ3) is 2.35. The van der Waals surface area contributed by atoms with Gasteiger partial charge in [0.25, 0.3) is 0 Å². The molecule has 0 amide bonds. The number of aromatic nitrogens is 1. The molecule has 0 spiro atoms. The molecule has 0 aliphatic heterocycles. The van der Waals surface area contributed by atoms with Crippen LogP contribution in [0.4, 0.5) is 0 Å². The molecule has 0 saturated heterocycles. The van der Waals surface area contributed by atoms with E-state index in [-0.39, 0.29) is 0 Å². The number of fused-ring (bicyclic) bond motifs is 1. The van der Waals surface area contributed by atoms with Gasteiger partial charge >= 0.3 is 0 Å². The predicted octanol–water partition coefficient (Wildman–Crippen LogP) is 4.68. The standard InChI is InChI=1S/C11H8Br2ClN/c12-4-8-1-7-3-11(14)15-6-10(7)2-9(8)5-13/h1-3,6H,4-5H2. The first-order valence-corrected chi connectivity index (χ1v) is 7.05. The maximum Gasteiger partial charge on any atom is 0.129 e. The zero-order valence-electron chi connectivity index (χ0n) is 7.80. The normalized spacial score (nSPS) is 10.9. The lowest BCUT2D eigenvalue weighted by Crippen LogP contribution is -1.89. The van der Waals surface area contributed by atoms with Crippen LogP contribution in [0.5, 0.6) is 0 Å². The zero-order chi connectivity index (χ0) is 10.8. The molecule has 0 N–H and O–H groups in total. The molecule has 1 aromatic heterocycles. The van der Waals surface area contributed by atoms with Crippen LogP contribution in [0.15, 0.2) is 24.4 Å². The molecule has 0 aliphatic carbocycles. The highest BCUT2D eigenvalue weighted by molar-refractivity contribution is 9.09. The summed E-state index contributed by atoms with van der Waals surface area (Å²) in [6.07, 6.45) is 1.81. The largest absolute Gasteiger partial charge is 0.244 e. The highest BCUT2D eigenvalue weighted by atomic mass is 79.9. The second-order valence-electron chi connectivity index (χ2n) is 3.24. The summed E-state index contributed by atoms with van der Waals surface area (Å²) in [5.41, 5.74) is 2.56. The second kappa shape index (κ2) is 4.81. The van der Waals surface area contributed by atoms with Crippen LogP contribution < -0.4 is 0 Å². The van der Waals surface area contributed by atoms with Crippen LogP contribution in [0.1, 0.15) is 11.1 Å². The molecule has 1 nitrogen and oxygen atoms in total. The van der Waals surface area contributed by atoms with Crippen molar-refractivity contribution in [2.75, 3.05) is 0 Å². The molecular weight excluding hydrogens is 341 g/mol. The fraction of sp³-hybridized carbons (Fsp3) is 0.182. The Morgan fingerprint density at radius 2 is 1.60 bits per heavy atom. The molecular formula is C11H8Br2ClN. The Bertz CT molecular complexity index is 499. The van der Waals surface area contributed by atoms with Crippen LogP contribution >= 0.6 is 43.5 Å². The Morgan fingerprint density at radius 1 is 1.00 bits per heavy atom. The van der Waals surface area contributed by atoms with Crippen LogP contribution in [0.25, 0.3) is 10.8 Å². The second-order valence-corrected chi connectivity index (χ2v) is 4.75. The van der Waals surface area contributed by atoms with E-state index >= 15 is 0 Å². The van der Waals surface area contributed by atoms with Crippen molar-refractivity contribution in [1.82, 2.24) is 4.98 Å². The van der Waals surface area contributed by atoms with Crippen molar-refractivity contribution >= 4 is 54.2 Å².